The van der Waals surface area contributed by atoms with Gasteiger partial charge in [-0.1, -0.05) is 36.2 Å². The van der Waals surface area contributed by atoms with E-state index >= 15 is 0 Å². The van der Waals surface area contributed by atoms with E-state index in [2.05, 4.69) is 28.2 Å². The number of carbonyl (C=O) groups excluding carboxylic acids is 1. The number of hydrogen-bond donors (Lipinski definition) is 2. The van der Waals surface area contributed by atoms with Crippen LogP contribution in [0.2, 0.25) is 0 Å². The number of halogens is 1. The van der Waals surface area contributed by atoms with Crippen molar-refractivity contribution in [3.8, 4) is 0 Å². The van der Waals surface area contributed by atoms with E-state index in [1.165, 1.54) is 0 Å². The molecule has 0 heterocycles. The minimum absolute atomic E-state index is 0.170. The summed E-state index contributed by atoms with van der Waals surface area (Å²) in [4.78, 5) is 11.6. The van der Waals surface area contributed by atoms with Crippen LogP contribution >= 0.6 is 15.9 Å². The second kappa shape index (κ2) is 5.54. The second-order valence-electron chi connectivity index (χ2n) is 4.51. The largest absolute Gasteiger partial charge is 0.371 e. The van der Waals surface area contributed by atoms with E-state index < -0.39 is 5.54 Å². The molecular formula is C13H19BrN2O. The van der Waals surface area contributed by atoms with Gasteiger partial charge in [0.15, 0.2) is 0 Å². The van der Waals surface area contributed by atoms with Crippen molar-refractivity contribution in [3.05, 3.63) is 28.7 Å². The number of amides is 1. The Morgan fingerprint density at radius 3 is 2.41 bits per heavy atom. The van der Waals surface area contributed by atoms with E-state index in [9.17, 15) is 4.79 Å². The number of primary amides is 1. The fourth-order valence-electron chi connectivity index (χ4n) is 1.67. The molecule has 0 aliphatic heterocycles. The number of benzene rings is 1. The van der Waals surface area contributed by atoms with Gasteiger partial charge in [-0.05, 0) is 37.1 Å². The Labute approximate surface area is 111 Å². The monoisotopic (exact) mass is 298 g/mol. The van der Waals surface area contributed by atoms with Crippen molar-refractivity contribution in [1.82, 2.24) is 0 Å². The van der Waals surface area contributed by atoms with Gasteiger partial charge in [0, 0.05) is 10.2 Å². The Morgan fingerprint density at radius 1 is 1.47 bits per heavy atom. The van der Waals surface area contributed by atoms with Gasteiger partial charge in [-0.15, -0.1) is 0 Å². The van der Waals surface area contributed by atoms with Crippen LogP contribution < -0.4 is 11.1 Å². The summed E-state index contributed by atoms with van der Waals surface area (Å²) < 4.78 is 1.01. The number of hydrogen-bond acceptors (Lipinski definition) is 2. The first kappa shape index (κ1) is 14.0. The van der Waals surface area contributed by atoms with Crippen molar-refractivity contribution in [3.63, 3.8) is 0 Å². The molecule has 0 spiro atoms. The summed E-state index contributed by atoms with van der Waals surface area (Å²) in [5.74, 6) is -0.154. The Kier molecular flexibility index (Phi) is 4.57. The van der Waals surface area contributed by atoms with Crippen LogP contribution in [0.15, 0.2) is 28.7 Å². The van der Waals surface area contributed by atoms with E-state index in [-0.39, 0.29) is 11.8 Å². The third-order valence-electron chi connectivity index (χ3n) is 3.36. The van der Waals surface area contributed by atoms with Gasteiger partial charge in [-0.3, -0.25) is 4.79 Å². The van der Waals surface area contributed by atoms with Gasteiger partial charge in [0.05, 0.1) is 0 Å². The summed E-state index contributed by atoms with van der Waals surface area (Å²) in [6, 6.07) is 7.71. The lowest BCUT2D eigenvalue weighted by molar-refractivity contribution is -0.123. The van der Waals surface area contributed by atoms with Gasteiger partial charge >= 0.3 is 0 Å². The first-order chi connectivity index (χ1) is 7.90. The minimum atomic E-state index is -0.720. The van der Waals surface area contributed by atoms with Gasteiger partial charge in [-0.2, -0.15) is 0 Å². The van der Waals surface area contributed by atoms with Crippen molar-refractivity contribution in [1.29, 1.82) is 0 Å². The zero-order chi connectivity index (χ0) is 13.1. The molecule has 0 bridgehead atoms. The standard InChI is InChI=1S/C13H19BrN2O/c1-4-9(2)13(3,12(15)17)16-11-7-5-10(14)6-8-11/h5-9,16H,4H2,1-3H3,(H2,15,17). The molecule has 1 aromatic carbocycles. The first-order valence-corrected chi connectivity index (χ1v) is 6.53. The van der Waals surface area contributed by atoms with Gasteiger partial charge < -0.3 is 11.1 Å². The molecule has 1 rings (SSSR count). The summed E-state index contributed by atoms with van der Waals surface area (Å²) in [5, 5.41) is 3.24. The molecule has 3 N–H and O–H groups in total. The molecule has 0 radical (unpaired) electrons. The Hall–Kier alpha value is -1.03. The highest BCUT2D eigenvalue weighted by Crippen LogP contribution is 2.26. The van der Waals surface area contributed by atoms with E-state index in [0.717, 1.165) is 16.6 Å². The summed E-state index contributed by atoms with van der Waals surface area (Å²) >= 11 is 3.38. The van der Waals surface area contributed by atoms with E-state index in [1.54, 1.807) is 0 Å². The molecule has 1 amide bonds. The van der Waals surface area contributed by atoms with E-state index in [4.69, 9.17) is 5.73 Å². The molecule has 17 heavy (non-hydrogen) atoms. The third kappa shape index (κ3) is 3.22. The molecule has 0 aliphatic carbocycles. The molecule has 0 aliphatic rings. The topological polar surface area (TPSA) is 55.1 Å². The highest BCUT2D eigenvalue weighted by Gasteiger charge is 2.36. The summed E-state index contributed by atoms with van der Waals surface area (Å²) in [6.07, 6.45) is 0.892. The molecule has 1 aromatic rings. The molecule has 0 aromatic heterocycles. The van der Waals surface area contributed by atoms with Gasteiger partial charge in [0.1, 0.15) is 5.54 Å². The zero-order valence-electron chi connectivity index (χ0n) is 10.5. The number of nitrogens with two attached hydrogens (primary N) is 1. The average molecular weight is 299 g/mol. The van der Waals surface area contributed by atoms with Gasteiger partial charge in [0.25, 0.3) is 0 Å². The van der Waals surface area contributed by atoms with Crippen LogP contribution in [0.5, 0.6) is 0 Å². The number of anilines is 1. The molecule has 2 atom stereocenters. The van der Waals surface area contributed by atoms with E-state index in [0.29, 0.717) is 0 Å². The average Bonchev–Trinajstić information content (AvgIpc) is 2.30. The zero-order valence-corrected chi connectivity index (χ0v) is 12.0. The lowest BCUT2D eigenvalue weighted by Crippen LogP contribution is -2.52. The van der Waals surface area contributed by atoms with Crippen molar-refractivity contribution in [2.24, 2.45) is 11.7 Å². The van der Waals surface area contributed by atoms with Gasteiger partial charge in [0.2, 0.25) is 5.91 Å². The quantitative estimate of drug-likeness (QED) is 0.877. The van der Waals surface area contributed by atoms with Crippen molar-refractivity contribution in [2.45, 2.75) is 32.7 Å². The van der Waals surface area contributed by atoms with Crippen LogP contribution in [-0.4, -0.2) is 11.4 Å². The number of carbonyl (C=O) groups is 1. The highest BCUT2D eigenvalue weighted by atomic mass is 79.9. The molecule has 2 unspecified atom stereocenters. The normalized spacial score (nSPS) is 16.0. The number of nitrogens with one attached hydrogen (secondary N) is 1. The summed E-state index contributed by atoms with van der Waals surface area (Å²) in [6.45, 7) is 5.93. The van der Waals surface area contributed by atoms with Crippen molar-refractivity contribution < 1.29 is 4.79 Å². The first-order valence-electron chi connectivity index (χ1n) is 5.73. The van der Waals surface area contributed by atoms with Crippen LogP contribution in [0.4, 0.5) is 5.69 Å². The Morgan fingerprint density at radius 2 is 2.00 bits per heavy atom. The maximum Gasteiger partial charge on any atom is 0.243 e. The smallest absolute Gasteiger partial charge is 0.243 e. The summed E-state index contributed by atoms with van der Waals surface area (Å²) in [5.41, 5.74) is 5.69. The van der Waals surface area contributed by atoms with Gasteiger partial charge in [-0.25, -0.2) is 0 Å². The maximum absolute atomic E-state index is 11.6. The minimum Gasteiger partial charge on any atom is -0.371 e. The molecule has 0 saturated carbocycles. The fraction of sp³-hybridized carbons (Fsp3) is 0.462. The van der Waals surface area contributed by atoms with Crippen LogP contribution in [0.25, 0.3) is 0 Å². The molecular weight excluding hydrogens is 280 g/mol. The van der Waals surface area contributed by atoms with E-state index in [1.807, 2.05) is 38.1 Å². The molecule has 0 fully saturated rings. The number of rotatable bonds is 5. The molecule has 4 heteroatoms. The Balaban J connectivity index is 2.94. The van der Waals surface area contributed by atoms with Crippen LogP contribution in [0.3, 0.4) is 0 Å². The summed E-state index contributed by atoms with van der Waals surface area (Å²) in [7, 11) is 0. The predicted octanol–water partition coefficient (Wildman–Crippen LogP) is 3.15. The lowest BCUT2D eigenvalue weighted by atomic mass is 9.84. The highest BCUT2D eigenvalue weighted by molar-refractivity contribution is 9.10. The van der Waals surface area contributed by atoms with Crippen LogP contribution in [-0.2, 0) is 4.79 Å². The van der Waals surface area contributed by atoms with Crippen molar-refractivity contribution in [2.75, 3.05) is 5.32 Å². The SMILES string of the molecule is CCC(C)C(C)(Nc1ccc(Br)cc1)C(N)=O. The fourth-order valence-corrected chi connectivity index (χ4v) is 1.93. The predicted molar refractivity (Wildman–Crippen MR) is 74.8 cm³/mol. The maximum atomic E-state index is 11.6. The molecule has 0 saturated heterocycles. The van der Waals surface area contributed by atoms with Crippen LogP contribution in [0.1, 0.15) is 27.2 Å². The lowest BCUT2D eigenvalue weighted by Gasteiger charge is -2.34. The van der Waals surface area contributed by atoms with Crippen molar-refractivity contribution >= 4 is 27.5 Å². The molecule has 94 valence electrons. The third-order valence-corrected chi connectivity index (χ3v) is 3.89. The Bertz CT molecular complexity index is 391. The molecule has 3 nitrogen and oxygen atoms in total. The van der Waals surface area contributed by atoms with Crippen LogP contribution in [0, 0.1) is 5.92 Å². The second-order valence-corrected chi connectivity index (χ2v) is 5.42.